The Hall–Kier alpha value is -3.42. The molecule has 1 aromatic heterocycles. The van der Waals surface area contributed by atoms with Gasteiger partial charge in [0.15, 0.2) is 21.8 Å². The first-order chi connectivity index (χ1) is 19.4. The van der Waals surface area contributed by atoms with Crippen molar-refractivity contribution in [2.24, 2.45) is 0 Å². The van der Waals surface area contributed by atoms with Crippen molar-refractivity contribution in [3.05, 3.63) is 34.0 Å². The Morgan fingerprint density at radius 3 is 1.34 bits per heavy atom. The van der Waals surface area contributed by atoms with Crippen LogP contribution in [0.15, 0.2) is 56.8 Å². The molecule has 0 saturated heterocycles. The van der Waals surface area contributed by atoms with Crippen LogP contribution in [0.5, 0.6) is 0 Å². The fraction of sp³-hybridized carbons (Fsp3) is 0. The van der Waals surface area contributed by atoms with Gasteiger partial charge in [-0.3, -0.25) is 32.1 Å². The maximum atomic E-state index is 13.4. The fourth-order valence-electron chi connectivity index (χ4n) is 3.82. The summed E-state index contributed by atoms with van der Waals surface area (Å²) in [5, 5.41) is 7.43. The third kappa shape index (κ3) is 6.09. The molecular formula is C16H10O22S6. The molecule has 0 radical (unpaired) electrons. The summed E-state index contributed by atoms with van der Waals surface area (Å²) >= 11 is 0. The number of hydrogen-bond acceptors (Lipinski definition) is 15. The van der Waals surface area contributed by atoms with Gasteiger partial charge in [0, 0.05) is 5.56 Å². The molecule has 1 heterocycles. The molecule has 3 rings (SSSR count). The zero-order valence-corrected chi connectivity index (χ0v) is 24.8. The first-order valence-corrected chi connectivity index (χ1v) is 18.5. The van der Waals surface area contributed by atoms with Gasteiger partial charge >= 0.3 is 5.97 Å². The molecule has 3 aromatic rings. The van der Waals surface area contributed by atoms with E-state index in [2.05, 4.69) is 0 Å². The monoisotopic (exact) mass is 746 g/mol. The molecule has 0 spiro atoms. The van der Waals surface area contributed by atoms with Crippen LogP contribution in [0.3, 0.4) is 0 Å². The molecule has 2 aromatic carbocycles. The zero-order chi connectivity index (χ0) is 34.3. The van der Waals surface area contributed by atoms with Crippen LogP contribution >= 0.6 is 0 Å². The van der Waals surface area contributed by atoms with E-state index in [-0.39, 0.29) is 6.07 Å². The van der Waals surface area contributed by atoms with E-state index in [1.807, 2.05) is 0 Å². The van der Waals surface area contributed by atoms with Gasteiger partial charge in [-0.2, -0.15) is 50.5 Å². The topological polar surface area (TPSA) is 394 Å². The third-order valence-corrected chi connectivity index (χ3v) is 11.2. The van der Waals surface area contributed by atoms with E-state index in [0.717, 1.165) is 0 Å². The van der Waals surface area contributed by atoms with Gasteiger partial charge in [0.2, 0.25) is 5.43 Å². The van der Waals surface area contributed by atoms with Gasteiger partial charge in [0.05, 0.1) is 5.39 Å². The van der Waals surface area contributed by atoms with E-state index in [1.54, 1.807) is 0 Å². The number of carboxylic acids is 1. The molecule has 0 aliphatic rings. The van der Waals surface area contributed by atoms with E-state index in [0.29, 0.717) is 12.1 Å². The summed E-state index contributed by atoms with van der Waals surface area (Å²) in [5.74, 6) is -4.55. The Morgan fingerprint density at radius 1 is 0.568 bits per heavy atom. The van der Waals surface area contributed by atoms with E-state index >= 15 is 0 Å². The lowest BCUT2D eigenvalue weighted by molar-refractivity contribution is 0.0694. The van der Waals surface area contributed by atoms with Crippen LogP contribution in [0.2, 0.25) is 0 Å². The van der Waals surface area contributed by atoms with Crippen LogP contribution in [-0.4, -0.2) is 88.9 Å². The number of rotatable bonds is 8. The normalized spacial score (nSPS) is 13.7. The predicted octanol–water partition coefficient (Wildman–Crippen LogP) is -1.36. The number of carboxylic acid groups (broad SMARTS) is 1. The molecule has 0 unspecified atom stereocenters. The SMILES string of the molecule is O=C(O)c1c(-c2cccc(S(=O)(=O)O)c2S(=O)(=O)O)oc2c(S(=O)(=O)O)c(S(=O)(=O)O)c(S(=O)(=O)O)c(S(=O)(=O)O)c2c1=O. The molecule has 242 valence electrons. The Bertz CT molecular complexity index is 2560. The molecule has 7 N–H and O–H groups in total. The van der Waals surface area contributed by atoms with E-state index in [1.165, 1.54) is 0 Å². The number of hydrogen-bond donors (Lipinski definition) is 7. The minimum atomic E-state index is -6.56. The van der Waals surface area contributed by atoms with Crippen molar-refractivity contribution in [2.45, 2.75) is 29.4 Å². The standard InChI is InChI=1S/C16H10O22S6/c17-8-6-10(13(42(29,30)31)15(44(35,36)37)14(43(32,33)34)12(6)41(26,27)28)38-9(7(8)16(18)19)4-2-1-3-5(39(20,21)22)11(4)40(23,24)25/h1-3H,(H,18,19)(H,20,21,22)(H,23,24,25)(H,26,27,28)(H,29,30,31)(H,32,33,34)(H,35,36,37). The van der Waals surface area contributed by atoms with Gasteiger partial charge in [-0.1, -0.05) is 6.07 Å². The molecule has 0 aliphatic heterocycles. The van der Waals surface area contributed by atoms with Crippen molar-refractivity contribution >= 4 is 77.6 Å². The molecule has 22 nitrogen and oxygen atoms in total. The predicted molar refractivity (Wildman–Crippen MR) is 134 cm³/mol. The van der Waals surface area contributed by atoms with Gasteiger partial charge < -0.3 is 9.52 Å². The van der Waals surface area contributed by atoms with Crippen LogP contribution in [-0.2, 0) is 60.7 Å². The summed E-state index contributed by atoms with van der Waals surface area (Å²) in [6, 6.07) is 1.08. The molecule has 0 amide bonds. The van der Waals surface area contributed by atoms with Gasteiger partial charge in [-0.05, 0) is 12.1 Å². The third-order valence-electron chi connectivity index (χ3n) is 5.17. The van der Waals surface area contributed by atoms with Crippen molar-refractivity contribution < 1.29 is 92.1 Å². The first kappa shape index (κ1) is 35.1. The largest absolute Gasteiger partial charge is 0.477 e. The highest BCUT2D eigenvalue weighted by atomic mass is 32.2. The second kappa shape index (κ2) is 10.3. The molecule has 0 fully saturated rings. The summed E-state index contributed by atoms with van der Waals surface area (Å²) in [6.45, 7) is 0. The van der Waals surface area contributed by atoms with Crippen molar-refractivity contribution in [3.8, 4) is 11.3 Å². The van der Waals surface area contributed by atoms with E-state index in [4.69, 9.17) is 4.42 Å². The molecule has 44 heavy (non-hydrogen) atoms. The van der Waals surface area contributed by atoms with Crippen LogP contribution < -0.4 is 5.43 Å². The molecule has 28 heteroatoms. The minimum Gasteiger partial charge on any atom is -0.477 e. The van der Waals surface area contributed by atoms with Gasteiger partial charge in [-0.25, -0.2) is 4.79 Å². The second-order valence-corrected chi connectivity index (χ2v) is 16.1. The average molecular weight is 747 g/mol. The lowest BCUT2D eigenvalue weighted by Gasteiger charge is -2.18. The van der Waals surface area contributed by atoms with Crippen LogP contribution in [0.4, 0.5) is 0 Å². The summed E-state index contributed by atoms with van der Waals surface area (Å²) in [4.78, 5) is 10.9. The highest BCUT2D eigenvalue weighted by molar-refractivity contribution is 7.92. The Balaban J connectivity index is 3.10. The Kier molecular flexibility index (Phi) is 8.22. The smallest absolute Gasteiger partial charge is 0.343 e. The lowest BCUT2D eigenvalue weighted by Crippen LogP contribution is -2.25. The van der Waals surface area contributed by atoms with Crippen molar-refractivity contribution in [2.75, 3.05) is 0 Å². The van der Waals surface area contributed by atoms with Crippen LogP contribution in [0.25, 0.3) is 22.3 Å². The Labute approximate surface area is 243 Å². The molecule has 0 saturated carbocycles. The molecule has 0 atom stereocenters. The molecular weight excluding hydrogens is 737 g/mol. The van der Waals surface area contributed by atoms with Gasteiger partial charge in [-0.15, -0.1) is 0 Å². The van der Waals surface area contributed by atoms with Crippen molar-refractivity contribution in [1.82, 2.24) is 0 Å². The van der Waals surface area contributed by atoms with Crippen molar-refractivity contribution in [1.29, 1.82) is 0 Å². The van der Waals surface area contributed by atoms with Crippen LogP contribution in [0, 0.1) is 0 Å². The maximum absolute atomic E-state index is 13.4. The summed E-state index contributed by atoms with van der Waals surface area (Å²) in [5.41, 5.74) is -8.48. The lowest BCUT2D eigenvalue weighted by atomic mass is 10.0. The summed E-state index contributed by atoms with van der Waals surface area (Å²) < 4.78 is 208. The zero-order valence-electron chi connectivity index (χ0n) is 19.9. The maximum Gasteiger partial charge on any atom is 0.343 e. The van der Waals surface area contributed by atoms with Crippen molar-refractivity contribution in [3.63, 3.8) is 0 Å². The van der Waals surface area contributed by atoms with E-state index < -0.39 is 129 Å². The number of fused-ring (bicyclic) bond motifs is 1. The van der Waals surface area contributed by atoms with Crippen LogP contribution in [0.1, 0.15) is 10.4 Å². The number of benzene rings is 2. The first-order valence-electron chi connectivity index (χ1n) is 9.85. The molecule has 0 bridgehead atoms. The van der Waals surface area contributed by atoms with Gasteiger partial charge in [0.25, 0.3) is 60.7 Å². The average Bonchev–Trinajstić information content (AvgIpc) is 2.77. The number of aromatic carboxylic acids is 1. The summed E-state index contributed by atoms with van der Waals surface area (Å²) in [6.07, 6.45) is 0. The van der Waals surface area contributed by atoms with Gasteiger partial charge in [0.1, 0.15) is 24.5 Å². The highest BCUT2D eigenvalue weighted by Crippen LogP contribution is 2.43. The number of carbonyl (C=O) groups is 1. The highest BCUT2D eigenvalue weighted by Gasteiger charge is 2.44. The second-order valence-electron chi connectivity index (χ2n) is 7.94. The Morgan fingerprint density at radius 2 is 0.977 bits per heavy atom. The minimum absolute atomic E-state index is 0.274. The fourth-order valence-corrected chi connectivity index (χ4v) is 10.7. The quantitative estimate of drug-likeness (QED) is 0.131. The molecule has 0 aliphatic carbocycles. The van der Waals surface area contributed by atoms with E-state index in [9.17, 15) is 92.5 Å². The summed E-state index contributed by atoms with van der Waals surface area (Å²) in [7, 11) is -37.8.